The van der Waals surface area contributed by atoms with Crippen LogP contribution in [0.5, 0.6) is 0 Å². The largest absolute Gasteiger partial charge is 0.351 e. The number of halogens is 1. The molecule has 1 saturated heterocycles. The molecule has 0 amide bonds. The molecule has 27 heavy (non-hydrogen) atoms. The SMILES string of the molecule is NCc1cc2nc(-c3ccc(F)c(N4CCNC5(CC5)C4)n3)ccc2cn1. The predicted molar refractivity (Wildman–Crippen MR) is 103 cm³/mol. The Kier molecular flexibility index (Phi) is 3.80. The molecule has 6 nitrogen and oxygen atoms in total. The number of nitrogens with one attached hydrogen (secondary N) is 1. The first-order valence-corrected chi connectivity index (χ1v) is 9.28. The molecule has 7 heteroatoms. The Balaban J connectivity index is 1.52. The molecule has 3 N–H and O–H groups in total. The number of piperazine rings is 1. The van der Waals surface area contributed by atoms with E-state index in [2.05, 4.69) is 20.2 Å². The van der Waals surface area contributed by atoms with Crippen LogP contribution in [0.25, 0.3) is 22.3 Å². The fraction of sp³-hybridized carbons (Fsp3) is 0.350. The van der Waals surface area contributed by atoms with Crippen LogP contribution in [0.1, 0.15) is 18.5 Å². The third kappa shape index (κ3) is 3.02. The maximum Gasteiger partial charge on any atom is 0.165 e. The van der Waals surface area contributed by atoms with Crippen molar-refractivity contribution in [2.45, 2.75) is 24.9 Å². The lowest BCUT2D eigenvalue weighted by Crippen LogP contribution is -2.53. The second-order valence-electron chi connectivity index (χ2n) is 7.40. The highest BCUT2D eigenvalue weighted by Crippen LogP contribution is 2.39. The number of anilines is 1. The molecule has 138 valence electrons. The Morgan fingerprint density at radius 3 is 2.78 bits per heavy atom. The smallest absolute Gasteiger partial charge is 0.165 e. The minimum Gasteiger partial charge on any atom is -0.351 e. The molecule has 0 radical (unpaired) electrons. The van der Waals surface area contributed by atoms with Gasteiger partial charge in [-0.05, 0) is 43.2 Å². The van der Waals surface area contributed by atoms with E-state index in [9.17, 15) is 4.39 Å². The van der Waals surface area contributed by atoms with Gasteiger partial charge in [0.15, 0.2) is 11.6 Å². The maximum absolute atomic E-state index is 14.5. The zero-order valence-electron chi connectivity index (χ0n) is 15.0. The van der Waals surface area contributed by atoms with E-state index < -0.39 is 0 Å². The molecule has 3 aromatic rings. The number of rotatable bonds is 3. The van der Waals surface area contributed by atoms with Crippen LogP contribution in [-0.4, -0.2) is 40.1 Å². The number of nitrogens with zero attached hydrogens (tertiary/aromatic N) is 4. The summed E-state index contributed by atoms with van der Waals surface area (Å²) in [6.07, 6.45) is 4.07. The van der Waals surface area contributed by atoms with Crippen LogP contribution in [0.2, 0.25) is 0 Å². The molecule has 0 unspecified atom stereocenters. The number of pyridine rings is 3. The summed E-state index contributed by atoms with van der Waals surface area (Å²) in [6.45, 7) is 2.78. The van der Waals surface area contributed by atoms with Crippen LogP contribution in [0.15, 0.2) is 36.5 Å². The van der Waals surface area contributed by atoms with Crippen LogP contribution >= 0.6 is 0 Å². The monoisotopic (exact) mass is 364 g/mol. The zero-order valence-corrected chi connectivity index (χ0v) is 15.0. The lowest BCUT2D eigenvalue weighted by molar-refractivity contribution is 0.435. The van der Waals surface area contributed by atoms with Crippen molar-refractivity contribution in [1.29, 1.82) is 0 Å². The summed E-state index contributed by atoms with van der Waals surface area (Å²) in [5, 5.41) is 4.49. The van der Waals surface area contributed by atoms with Gasteiger partial charge in [0, 0.05) is 43.3 Å². The van der Waals surface area contributed by atoms with Crippen molar-refractivity contribution < 1.29 is 4.39 Å². The minimum atomic E-state index is -0.285. The van der Waals surface area contributed by atoms with E-state index in [1.165, 1.54) is 6.07 Å². The molecule has 0 bridgehead atoms. The second-order valence-corrected chi connectivity index (χ2v) is 7.40. The highest BCUT2D eigenvalue weighted by molar-refractivity contribution is 5.80. The first kappa shape index (κ1) is 16.5. The Bertz CT molecular complexity index is 1020. The van der Waals surface area contributed by atoms with E-state index in [4.69, 9.17) is 10.7 Å². The van der Waals surface area contributed by atoms with Crippen molar-refractivity contribution in [3.8, 4) is 11.4 Å². The highest BCUT2D eigenvalue weighted by Gasteiger charge is 2.46. The van der Waals surface area contributed by atoms with E-state index in [1.807, 2.05) is 18.2 Å². The first-order chi connectivity index (χ1) is 13.2. The van der Waals surface area contributed by atoms with E-state index >= 15 is 0 Å². The summed E-state index contributed by atoms with van der Waals surface area (Å²) in [5.41, 5.74) is 8.83. The quantitative estimate of drug-likeness (QED) is 0.742. The van der Waals surface area contributed by atoms with Crippen molar-refractivity contribution in [2.24, 2.45) is 5.73 Å². The molecule has 0 atom stereocenters. The van der Waals surface area contributed by atoms with Gasteiger partial charge in [-0.2, -0.15) is 0 Å². The van der Waals surface area contributed by atoms with Gasteiger partial charge < -0.3 is 16.0 Å². The summed E-state index contributed by atoms with van der Waals surface area (Å²) in [4.78, 5) is 15.7. The van der Waals surface area contributed by atoms with Gasteiger partial charge in [0.25, 0.3) is 0 Å². The Hall–Kier alpha value is -2.64. The van der Waals surface area contributed by atoms with Crippen molar-refractivity contribution in [3.63, 3.8) is 0 Å². The fourth-order valence-electron chi connectivity index (χ4n) is 3.73. The molecule has 2 aliphatic rings. The number of hydrogen-bond acceptors (Lipinski definition) is 6. The molecular formula is C20H21FN6. The molecule has 1 saturated carbocycles. The Morgan fingerprint density at radius 1 is 1.15 bits per heavy atom. The lowest BCUT2D eigenvalue weighted by Gasteiger charge is -2.35. The summed E-state index contributed by atoms with van der Waals surface area (Å²) < 4.78 is 14.5. The van der Waals surface area contributed by atoms with Crippen LogP contribution in [-0.2, 0) is 6.54 Å². The van der Waals surface area contributed by atoms with E-state index in [1.54, 1.807) is 12.3 Å². The van der Waals surface area contributed by atoms with Crippen molar-refractivity contribution in [2.75, 3.05) is 24.5 Å². The van der Waals surface area contributed by atoms with Gasteiger partial charge >= 0.3 is 0 Å². The normalized spacial score (nSPS) is 18.2. The standard InChI is InChI=1S/C20H21FN6/c21-15-2-4-17(26-19(15)27-8-7-24-20(12-27)5-6-20)16-3-1-13-11-23-14(10-22)9-18(13)25-16/h1-4,9,11,24H,5-8,10,12,22H2. The zero-order chi connectivity index (χ0) is 18.4. The molecule has 4 heterocycles. The van der Waals surface area contributed by atoms with Crippen LogP contribution in [0, 0.1) is 5.82 Å². The van der Waals surface area contributed by atoms with Gasteiger partial charge in [0.05, 0.1) is 22.6 Å². The number of hydrogen-bond donors (Lipinski definition) is 2. The van der Waals surface area contributed by atoms with Crippen molar-refractivity contribution >= 4 is 16.7 Å². The van der Waals surface area contributed by atoms with Gasteiger partial charge in [-0.3, -0.25) is 4.98 Å². The molecule has 5 rings (SSSR count). The van der Waals surface area contributed by atoms with Gasteiger partial charge in [0.1, 0.15) is 0 Å². The molecule has 2 fully saturated rings. The average Bonchev–Trinajstić information content (AvgIpc) is 3.45. The van der Waals surface area contributed by atoms with E-state index in [-0.39, 0.29) is 11.4 Å². The van der Waals surface area contributed by atoms with E-state index in [0.29, 0.717) is 23.8 Å². The third-order valence-corrected chi connectivity index (χ3v) is 5.46. The highest BCUT2D eigenvalue weighted by atomic mass is 19.1. The van der Waals surface area contributed by atoms with Crippen molar-refractivity contribution in [3.05, 3.63) is 48.0 Å². The number of fused-ring (bicyclic) bond motifs is 1. The molecule has 1 aliphatic heterocycles. The summed E-state index contributed by atoms with van der Waals surface area (Å²) in [5.74, 6) is 0.131. The molecular weight excluding hydrogens is 343 g/mol. The summed E-state index contributed by atoms with van der Waals surface area (Å²) >= 11 is 0. The van der Waals surface area contributed by atoms with E-state index in [0.717, 1.165) is 49.1 Å². The van der Waals surface area contributed by atoms with Crippen LogP contribution in [0.3, 0.4) is 0 Å². The fourth-order valence-corrected chi connectivity index (χ4v) is 3.73. The van der Waals surface area contributed by atoms with Gasteiger partial charge in [-0.15, -0.1) is 0 Å². The predicted octanol–water partition coefficient (Wildman–Crippen LogP) is 2.23. The van der Waals surface area contributed by atoms with Crippen LogP contribution < -0.4 is 16.0 Å². The molecule has 1 spiro atoms. The van der Waals surface area contributed by atoms with Gasteiger partial charge in [-0.1, -0.05) is 0 Å². The number of aromatic nitrogens is 3. The molecule has 1 aliphatic carbocycles. The summed E-state index contributed by atoms with van der Waals surface area (Å²) in [6, 6.07) is 8.92. The first-order valence-electron chi connectivity index (χ1n) is 9.28. The summed E-state index contributed by atoms with van der Waals surface area (Å²) in [7, 11) is 0. The molecule has 0 aromatic carbocycles. The molecule has 3 aromatic heterocycles. The Labute approximate surface area is 156 Å². The van der Waals surface area contributed by atoms with Crippen molar-refractivity contribution in [1.82, 2.24) is 20.3 Å². The van der Waals surface area contributed by atoms with Gasteiger partial charge in [-0.25, -0.2) is 14.4 Å². The maximum atomic E-state index is 14.5. The lowest BCUT2D eigenvalue weighted by atomic mass is 10.1. The number of nitrogens with two attached hydrogens (primary N) is 1. The van der Waals surface area contributed by atoms with Crippen LogP contribution in [0.4, 0.5) is 10.2 Å². The van der Waals surface area contributed by atoms with Gasteiger partial charge in [0.2, 0.25) is 0 Å². The third-order valence-electron chi connectivity index (χ3n) is 5.46. The minimum absolute atomic E-state index is 0.162. The topological polar surface area (TPSA) is 80.0 Å². The average molecular weight is 364 g/mol. The Morgan fingerprint density at radius 2 is 1.96 bits per heavy atom. The second kappa shape index (κ2) is 6.21.